The van der Waals surface area contributed by atoms with Crippen molar-refractivity contribution in [1.29, 1.82) is 0 Å². The summed E-state index contributed by atoms with van der Waals surface area (Å²) in [5, 5.41) is 8.90. The third kappa shape index (κ3) is 4.36. The van der Waals surface area contributed by atoms with Crippen LogP contribution in [0.4, 0.5) is 0 Å². The Labute approximate surface area is 308 Å². The van der Waals surface area contributed by atoms with Gasteiger partial charge in [0.1, 0.15) is 0 Å². The number of benzene rings is 5. The van der Waals surface area contributed by atoms with Gasteiger partial charge >= 0.3 is 0 Å². The fraction of sp³-hybridized carbons (Fsp3) is 0.333. The molecule has 0 bridgehead atoms. The summed E-state index contributed by atoms with van der Waals surface area (Å²) in [4.78, 5) is 0. The van der Waals surface area contributed by atoms with Crippen molar-refractivity contribution in [2.45, 2.75) is 96.9 Å². The Morgan fingerprint density at radius 1 is 0.220 bits per heavy atom. The molecule has 0 saturated carbocycles. The molecule has 1 heterocycles. The monoisotopic (exact) mass is 740 g/mol. The first-order valence-corrected chi connectivity index (χ1v) is 34.7. The maximum atomic E-state index is 2.74. The second-order valence-corrected chi connectivity index (χ2v) is 64.5. The molecule has 260 valence electrons. The Bertz CT molecular complexity index is 1500. The third-order valence-electron chi connectivity index (χ3n) is 13.6. The van der Waals surface area contributed by atoms with Crippen molar-refractivity contribution >= 4 is 61.5 Å². The highest BCUT2D eigenvalue weighted by Gasteiger charge is 2.94. The van der Waals surface area contributed by atoms with E-state index in [-0.39, 0.29) is 0 Å². The van der Waals surface area contributed by atoms with Crippen LogP contribution in [0.15, 0.2) is 152 Å². The van der Waals surface area contributed by atoms with Gasteiger partial charge < -0.3 is 0 Å². The Morgan fingerprint density at radius 3 is 0.440 bits per heavy atom. The van der Waals surface area contributed by atoms with Gasteiger partial charge in [-0.05, 0) is 0 Å². The van der Waals surface area contributed by atoms with Crippen LogP contribution in [0.1, 0.15) is 69.2 Å². The van der Waals surface area contributed by atoms with Gasteiger partial charge in [-0.2, -0.15) is 0 Å². The summed E-state index contributed by atoms with van der Waals surface area (Å²) in [6, 6.07) is 62.4. The molecule has 50 heavy (non-hydrogen) atoms. The van der Waals surface area contributed by atoms with Gasteiger partial charge in [0, 0.05) is 0 Å². The second-order valence-electron chi connectivity index (χ2n) is 16.6. The van der Waals surface area contributed by atoms with Crippen molar-refractivity contribution < 1.29 is 0 Å². The summed E-state index contributed by atoms with van der Waals surface area (Å²) >= 11 is 0. The summed E-state index contributed by atoms with van der Waals surface area (Å²) in [6.45, 7) is 27.4. The normalized spacial score (nSPS) is 28.3. The minimum absolute atomic E-state index is 0.583. The Balaban J connectivity index is 2.17. The van der Waals surface area contributed by atoms with Gasteiger partial charge in [0.05, 0.1) is 35.5 Å². The summed E-state index contributed by atoms with van der Waals surface area (Å²) in [7, 11) is -13.1. The van der Waals surface area contributed by atoms with Crippen LogP contribution >= 0.6 is 0 Å². The SMILES string of the molecule is CC(C)[Si]1(c2ccccc2)[Si](c2ccccc2)(C(C)C)[Si](c2ccccc2)(C(C)C)[Si](c2ccccc2)(C(C)C)[Si]1(c1ccccc1)C(C)C. The fourth-order valence-electron chi connectivity index (χ4n) is 13.6. The molecule has 0 N–H and O–H groups in total. The van der Waals surface area contributed by atoms with E-state index < -0.39 is 35.5 Å². The first-order valence-electron chi connectivity index (χ1n) is 19.3. The standard InChI is InChI=1S/C45H60Si5/c1-36(2)46(41-26-16-11-17-27-41)47(37(3)4,42-28-18-12-19-29-42)49(39(7)8,44-32-22-14-23-33-44)50(40(9)10,45-34-24-15-25-35-45)48(46,38(5)6)43-30-20-13-21-31-43/h11-40H,1-10H3. The predicted molar refractivity (Wildman–Crippen MR) is 235 cm³/mol. The zero-order chi connectivity index (χ0) is 36.0. The Morgan fingerprint density at radius 2 is 0.340 bits per heavy atom. The fourth-order valence-corrected chi connectivity index (χ4v) is 230. The van der Waals surface area contributed by atoms with Crippen LogP contribution < -0.4 is 25.9 Å². The van der Waals surface area contributed by atoms with Gasteiger partial charge in [0.2, 0.25) is 0 Å². The Kier molecular flexibility index (Phi) is 10.3. The highest BCUT2D eigenvalue weighted by atomic mass is 30.2. The van der Waals surface area contributed by atoms with E-state index in [9.17, 15) is 0 Å². The van der Waals surface area contributed by atoms with Crippen LogP contribution in [0, 0.1) is 0 Å². The molecule has 5 aromatic carbocycles. The van der Waals surface area contributed by atoms with Gasteiger partial charge in [-0.25, -0.2) is 0 Å². The van der Waals surface area contributed by atoms with Gasteiger partial charge in [0.25, 0.3) is 0 Å². The zero-order valence-corrected chi connectivity index (χ0v) is 37.3. The zero-order valence-electron chi connectivity index (χ0n) is 32.3. The molecule has 0 atom stereocenters. The average molecular weight is 741 g/mol. The Hall–Kier alpha value is -2.82. The van der Waals surface area contributed by atoms with Crippen molar-refractivity contribution in [2.24, 2.45) is 0 Å². The second kappa shape index (κ2) is 14.0. The van der Waals surface area contributed by atoms with E-state index >= 15 is 0 Å². The molecule has 1 fully saturated rings. The lowest BCUT2D eigenvalue weighted by Crippen LogP contribution is -2.92. The lowest BCUT2D eigenvalue weighted by molar-refractivity contribution is 0.998. The molecule has 0 aliphatic carbocycles. The van der Waals surface area contributed by atoms with Crippen LogP contribution in [0.25, 0.3) is 0 Å². The summed E-state index contributed by atoms with van der Waals surface area (Å²) < 4.78 is 0. The molecule has 5 aromatic rings. The van der Waals surface area contributed by atoms with E-state index in [0.29, 0.717) is 27.7 Å². The smallest absolute Gasteiger partial charge is 0.0653 e. The lowest BCUT2D eigenvalue weighted by atomic mass is 10.4. The molecular weight excluding hydrogens is 681 g/mol. The first kappa shape index (κ1) is 37.0. The van der Waals surface area contributed by atoms with Crippen molar-refractivity contribution in [3.63, 3.8) is 0 Å². The lowest BCUT2D eigenvalue weighted by Gasteiger charge is -2.61. The van der Waals surface area contributed by atoms with E-state index in [1.54, 1.807) is 25.9 Å². The van der Waals surface area contributed by atoms with E-state index in [1.807, 2.05) is 0 Å². The highest BCUT2D eigenvalue weighted by Crippen LogP contribution is 2.65. The van der Waals surface area contributed by atoms with Crippen LogP contribution in [0.5, 0.6) is 0 Å². The molecule has 0 aromatic heterocycles. The molecule has 0 radical (unpaired) electrons. The topological polar surface area (TPSA) is 0 Å². The molecule has 5 heteroatoms. The van der Waals surface area contributed by atoms with E-state index in [0.717, 1.165) is 0 Å². The number of hydrogen-bond acceptors (Lipinski definition) is 0. The van der Waals surface area contributed by atoms with Crippen molar-refractivity contribution in [2.75, 3.05) is 0 Å². The van der Waals surface area contributed by atoms with Crippen LogP contribution in [-0.2, 0) is 0 Å². The van der Waals surface area contributed by atoms with Crippen molar-refractivity contribution in [3.8, 4) is 0 Å². The maximum absolute atomic E-state index is 2.74. The van der Waals surface area contributed by atoms with E-state index in [1.165, 1.54) is 0 Å². The van der Waals surface area contributed by atoms with Gasteiger partial charge in [0.15, 0.2) is 0 Å². The van der Waals surface area contributed by atoms with Gasteiger partial charge in [-0.1, -0.05) is 275 Å². The first-order chi connectivity index (χ1) is 24.0. The quantitative estimate of drug-likeness (QED) is 0.125. The largest absolute Gasteiger partial charge is 0.0836 e. The highest BCUT2D eigenvalue weighted by molar-refractivity contribution is 8.21. The molecule has 0 nitrogen and oxygen atoms in total. The van der Waals surface area contributed by atoms with Gasteiger partial charge in [-0.15, -0.1) is 0 Å². The summed E-state index contributed by atoms with van der Waals surface area (Å²) in [5.41, 5.74) is 2.91. The third-order valence-corrected chi connectivity index (χ3v) is 126. The minimum Gasteiger partial charge on any atom is -0.0653 e. The summed E-state index contributed by atoms with van der Waals surface area (Å²) in [6.07, 6.45) is 0. The van der Waals surface area contributed by atoms with E-state index in [4.69, 9.17) is 0 Å². The minimum atomic E-state index is -2.61. The number of rotatable bonds is 10. The molecule has 6 rings (SSSR count). The van der Waals surface area contributed by atoms with Crippen LogP contribution in [-0.4, -0.2) is 35.5 Å². The van der Waals surface area contributed by atoms with Crippen molar-refractivity contribution in [3.05, 3.63) is 152 Å². The molecule has 0 amide bonds. The van der Waals surface area contributed by atoms with Crippen molar-refractivity contribution in [1.82, 2.24) is 0 Å². The maximum Gasteiger partial charge on any atom is 0.0836 e. The molecule has 0 unspecified atom stereocenters. The van der Waals surface area contributed by atoms with E-state index in [2.05, 4.69) is 221 Å². The average Bonchev–Trinajstić information content (AvgIpc) is 3.35. The molecule has 1 aliphatic rings. The predicted octanol–water partition coefficient (Wildman–Crippen LogP) is 9.22. The molecule has 1 saturated heterocycles. The molecule has 1 aliphatic heterocycles. The summed E-state index contributed by atoms with van der Waals surface area (Å²) in [5.74, 6) is 0. The molecular formula is C45H60Si5. The van der Waals surface area contributed by atoms with Gasteiger partial charge in [-0.3, -0.25) is 0 Å². The molecule has 0 spiro atoms. The van der Waals surface area contributed by atoms with Crippen LogP contribution in [0.3, 0.4) is 0 Å². The number of hydrogen-bond donors (Lipinski definition) is 0. The van der Waals surface area contributed by atoms with Crippen LogP contribution in [0.2, 0.25) is 27.7 Å².